The summed E-state index contributed by atoms with van der Waals surface area (Å²) in [6, 6.07) is 0. The van der Waals surface area contributed by atoms with E-state index in [4.69, 9.17) is 4.74 Å². The van der Waals surface area contributed by atoms with Crippen LogP contribution in [0.2, 0.25) is 0 Å². The molecule has 2 aliphatic rings. The predicted molar refractivity (Wildman–Crippen MR) is 98.3 cm³/mol. The van der Waals surface area contributed by atoms with Gasteiger partial charge in [0.05, 0.1) is 13.7 Å². The van der Waals surface area contributed by atoms with Crippen molar-refractivity contribution in [1.29, 1.82) is 0 Å². The molecule has 140 valence electrons. The Kier molecular flexibility index (Phi) is 5.01. The van der Waals surface area contributed by atoms with Gasteiger partial charge in [0.2, 0.25) is 0 Å². The first-order chi connectivity index (χ1) is 12.8. The third kappa shape index (κ3) is 3.38. The molecule has 0 spiro atoms. The van der Waals surface area contributed by atoms with Crippen LogP contribution in [-0.2, 0) is 13.6 Å². The van der Waals surface area contributed by atoms with Gasteiger partial charge in [0, 0.05) is 38.4 Å². The molecule has 2 saturated heterocycles. The van der Waals surface area contributed by atoms with Crippen molar-refractivity contribution in [1.82, 2.24) is 29.6 Å². The number of ether oxygens (including phenoxy) is 1. The highest BCUT2D eigenvalue weighted by Crippen LogP contribution is 2.31. The number of anilines is 1. The van der Waals surface area contributed by atoms with Gasteiger partial charge in [0.1, 0.15) is 11.6 Å². The van der Waals surface area contributed by atoms with E-state index < -0.39 is 0 Å². The molecule has 1 atom stereocenters. The molecule has 0 saturated carbocycles. The standard InChI is InChI=1S/C18H27N7O/c1-23-15(13-24-9-3-4-10-24)21-22-16(23)14-6-5-11-25(12-14)17-18(26-2)20-8-7-19-17/h7-8,14H,3-6,9-13H2,1-2H3/t14-/m0/s1. The highest BCUT2D eigenvalue weighted by atomic mass is 16.5. The van der Waals surface area contributed by atoms with E-state index in [0.29, 0.717) is 11.8 Å². The number of nitrogens with zero attached hydrogens (tertiary/aromatic N) is 7. The summed E-state index contributed by atoms with van der Waals surface area (Å²) < 4.78 is 7.58. The highest BCUT2D eigenvalue weighted by molar-refractivity contribution is 5.48. The molecule has 4 heterocycles. The number of piperidine rings is 1. The first-order valence-corrected chi connectivity index (χ1v) is 9.46. The number of hydrogen-bond donors (Lipinski definition) is 0. The highest BCUT2D eigenvalue weighted by Gasteiger charge is 2.28. The van der Waals surface area contributed by atoms with Crippen LogP contribution in [0.25, 0.3) is 0 Å². The van der Waals surface area contributed by atoms with Crippen LogP contribution in [0.3, 0.4) is 0 Å². The average molecular weight is 357 g/mol. The summed E-state index contributed by atoms with van der Waals surface area (Å²) >= 11 is 0. The molecule has 0 aromatic carbocycles. The zero-order valence-corrected chi connectivity index (χ0v) is 15.6. The molecule has 0 aliphatic carbocycles. The van der Waals surface area contributed by atoms with Gasteiger partial charge in [0.25, 0.3) is 5.88 Å². The molecule has 0 amide bonds. The van der Waals surface area contributed by atoms with Crippen molar-refractivity contribution < 1.29 is 4.74 Å². The van der Waals surface area contributed by atoms with E-state index >= 15 is 0 Å². The Bertz CT molecular complexity index is 741. The zero-order chi connectivity index (χ0) is 17.9. The summed E-state index contributed by atoms with van der Waals surface area (Å²) in [5, 5.41) is 9.03. The Morgan fingerprint density at radius 1 is 1.08 bits per heavy atom. The fraction of sp³-hybridized carbons (Fsp3) is 0.667. The van der Waals surface area contributed by atoms with Crippen LogP contribution in [0, 0.1) is 0 Å². The molecule has 0 unspecified atom stereocenters. The molecule has 26 heavy (non-hydrogen) atoms. The van der Waals surface area contributed by atoms with Gasteiger partial charge in [-0.25, -0.2) is 9.97 Å². The monoisotopic (exact) mass is 357 g/mol. The van der Waals surface area contributed by atoms with Gasteiger partial charge in [0.15, 0.2) is 5.82 Å². The summed E-state index contributed by atoms with van der Waals surface area (Å²) in [5.41, 5.74) is 0. The normalized spacial score (nSPS) is 21.3. The van der Waals surface area contributed by atoms with Crippen LogP contribution in [0.4, 0.5) is 5.82 Å². The van der Waals surface area contributed by atoms with E-state index in [1.807, 2.05) is 0 Å². The molecule has 0 N–H and O–H groups in total. The third-order valence-electron chi connectivity index (χ3n) is 5.49. The minimum absolute atomic E-state index is 0.347. The second kappa shape index (κ2) is 7.57. The van der Waals surface area contributed by atoms with E-state index in [-0.39, 0.29) is 0 Å². The topological polar surface area (TPSA) is 72.2 Å². The van der Waals surface area contributed by atoms with Gasteiger partial charge < -0.3 is 14.2 Å². The maximum atomic E-state index is 5.39. The Morgan fingerprint density at radius 3 is 2.69 bits per heavy atom. The molecular weight excluding hydrogens is 330 g/mol. The van der Waals surface area contributed by atoms with E-state index in [9.17, 15) is 0 Å². The Hall–Kier alpha value is -2.22. The summed E-state index contributed by atoms with van der Waals surface area (Å²) in [4.78, 5) is 13.5. The lowest BCUT2D eigenvalue weighted by molar-refractivity contribution is 0.317. The summed E-state index contributed by atoms with van der Waals surface area (Å²) in [5.74, 6) is 3.89. The fourth-order valence-electron chi connectivity index (χ4n) is 4.07. The first-order valence-electron chi connectivity index (χ1n) is 9.46. The maximum absolute atomic E-state index is 5.39. The third-order valence-corrected chi connectivity index (χ3v) is 5.49. The quantitative estimate of drug-likeness (QED) is 0.805. The van der Waals surface area contributed by atoms with Crippen LogP contribution in [0.1, 0.15) is 43.3 Å². The number of rotatable bonds is 5. The molecule has 2 aliphatic heterocycles. The van der Waals surface area contributed by atoms with Gasteiger partial charge >= 0.3 is 0 Å². The summed E-state index contributed by atoms with van der Waals surface area (Å²) in [6.45, 7) is 5.07. The molecule has 0 radical (unpaired) electrons. The lowest BCUT2D eigenvalue weighted by Crippen LogP contribution is -2.36. The van der Waals surface area contributed by atoms with Crippen molar-refractivity contribution in [2.24, 2.45) is 7.05 Å². The molecule has 0 bridgehead atoms. The van der Waals surface area contributed by atoms with Crippen LogP contribution >= 0.6 is 0 Å². The second-order valence-corrected chi connectivity index (χ2v) is 7.19. The van der Waals surface area contributed by atoms with Crippen molar-refractivity contribution in [3.63, 3.8) is 0 Å². The van der Waals surface area contributed by atoms with Crippen LogP contribution < -0.4 is 9.64 Å². The molecule has 8 heteroatoms. The van der Waals surface area contributed by atoms with Crippen LogP contribution in [0.5, 0.6) is 5.88 Å². The number of hydrogen-bond acceptors (Lipinski definition) is 7. The summed E-state index contributed by atoms with van der Waals surface area (Å²) in [7, 11) is 3.74. The van der Waals surface area contributed by atoms with E-state index in [1.165, 1.54) is 25.9 Å². The van der Waals surface area contributed by atoms with E-state index in [0.717, 1.165) is 49.9 Å². The molecule has 2 fully saturated rings. The first kappa shape index (κ1) is 17.2. The van der Waals surface area contributed by atoms with Gasteiger partial charge in [-0.15, -0.1) is 10.2 Å². The Labute approximate surface area is 154 Å². The van der Waals surface area contributed by atoms with Gasteiger partial charge in [-0.3, -0.25) is 4.90 Å². The van der Waals surface area contributed by atoms with Crippen LogP contribution in [-0.4, -0.2) is 62.9 Å². The van der Waals surface area contributed by atoms with Crippen molar-refractivity contribution in [3.8, 4) is 5.88 Å². The Morgan fingerprint density at radius 2 is 1.88 bits per heavy atom. The predicted octanol–water partition coefficient (Wildman–Crippen LogP) is 1.59. The van der Waals surface area contributed by atoms with Gasteiger partial charge in [-0.1, -0.05) is 0 Å². The van der Waals surface area contributed by atoms with E-state index in [1.54, 1.807) is 19.5 Å². The second-order valence-electron chi connectivity index (χ2n) is 7.19. The van der Waals surface area contributed by atoms with Crippen molar-refractivity contribution in [2.75, 3.05) is 38.2 Å². The Balaban J connectivity index is 1.50. The minimum atomic E-state index is 0.347. The van der Waals surface area contributed by atoms with Crippen molar-refractivity contribution in [3.05, 3.63) is 24.0 Å². The SMILES string of the molecule is COc1nccnc1N1CCC[C@H](c2nnc(CN3CCCC3)n2C)C1. The fourth-order valence-corrected chi connectivity index (χ4v) is 4.07. The summed E-state index contributed by atoms with van der Waals surface area (Å²) in [6.07, 6.45) is 8.19. The lowest BCUT2D eigenvalue weighted by atomic mass is 9.97. The van der Waals surface area contributed by atoms with Crippen molar-refractivity contribution >= 4 is 5.82 Å². The van der Waals surface area contributed by atoms with Crippen molar-refractivity contribution in [2.45, 2.75) is 38.1 Å². The largest absolute Gasteiger partial charge is 0.478 e. The number of likely N-dealkylation sites (tertiary alicyclic amines) is 1. The smallest absolute Gasteiger partial charge is 0.257 e. The van der Waals surface area contributed by atoms with Gasteiger partial charge in [-0.05, 0) is 38.8 Å². The van der Waals surface area contributed by atoms with Crippen LogP contribution in [0.15, 0.2) is 12.4 Å². The minimum Gasteiger partial charge on any atom is -0.478 e. The molecular formula is C18H27N7O. The molecule has 2 aromatic heterocycles. The van der Waals surface area contributed by atoms with E-state index in [2.05, 4.69) is 41.6 Å². The molecule has 8 nitrogen and oxygen atoms in total. The number of methoxy groups -OCH3 is 1. The van der Waals surface area contributed by atoms with Gasteiger partial charge in [-0.2, -0.15) is 0 Å². The lowest BCUT2D eigenvalue weighted by Gasteiger charge is -2.33. The molecule has 4 rings (SSSR count). The maximum Gasteiger partial charge on any atom is 0.257 e. The number of aromatic nitrogens is 5. The zero-order valence-electron chi connectivity index (χ0n) is 15.6. The average Bonchev–Trinajstić information content (AvgIpc) is 3.32. The molecule has 2 aromatic rings.